The maximum Gasteiger partial charge on any atom is 0.267 e. The second-order valence-corrected chi connectivity index (χ2v) is 7.52. The first-order valence-corrected chi connectivity index (χ1v) is 9.60. The molecule has 1 amide bonds. The van der Waals surface area contributed by atoms with Gasteiger partial charge in [0.05, 0.1) is 18.9 Å². The predicted molar refractivity (Wildman–Crippen MR) is 99.1 cm³/mol. The molecular formula is C19H30N4O3. The van der Waals surface area contributed by atoms with Crippen molar-refractivity contribution in [3.8, 4) is 0 Å². The first kappa shape index (κ1) is 19.0. The summed E-state index contributed by atoms with van der Waals surface area (Å²) in [6, 6.07) is 2.08. The lowest BCUT2D eigenvalue weighted by atomic mass is 9.89. The van der Waals surface area contributed by atoms with E-state index in [1.807, 2.05) is 18.7 Å². The Labute approximate surface area is 154 Å². The highest BCUT2D eigenvalue weighted by Gasteiger charge is 2.30. The van der Waals surface area contributed by atoms with Crippen LogP contribution in [-0.4, -0.2) is 70.9 Å². The highest BCUT2D eigenvalue weighted by Crippen LogP contribution is 2.24. The van der Waals surface area contributed by atoms with Crippen molar-refractivity contribution in [3.63, 3.8) is 0 Å². The van der Waals surface area contributed by atoms with Crippen LogP contribution in [0.15, 0.2) is 10.9 Å². The number of aromatic nitrogens is 2. The fourth-order valence-electron chi connectivity index (χ4n) is 3.93. The molecule has 0 saturated carbocycles. The normalized spacial score (nSPS) is 21.0. The third-order valence-electron chi connectivity index (χ3n) is 5.92. The van der Waals surface area contributed by atoms with Crippen LogP contribution in [0.1, 0.15) is 31.0 Å². The molecule has 2 aliphatic rings. The van der Waals surface area contributed by atoms with Gasteiger partial charge >= 0.3 is 0 Å². The average Bonchev–Trinajstić information content (AvgIpc) is 2.66. The van der Waals surface area contributed by atoms with Gasteiger partial charge in [0.2, 0.25) is 5.91 Å². The summed E-state index contributed by atoms with van der Waals surface area (Å²) in [6.07, 6.45) is 2.03. The number of carbonyl (C=O) groups excluding carboxylic acids is 1. The summed E-state index contributed by atoms with van der Waals surface area (Å²) >= 11 is 0. The van der Waals surface area contributed by atoms with Gasteiger partial charge in [0.1, 0.15) is 6.54 Å². The maximum absolute atomic E-state index is 12.6. The van der Waals surface area contributed by atoms with E-state index in [2.05, 4.69) is 16.9 Å². The Bertz CT molecular complexity index is 689. The molecule has 26 heavy (non-hydrogen) atoms. The van der Waals surface area contributed by atoms with Crippen LogP contribution in [0.25, 0.3) is 0 Å². The lowest BCUT2D eigenvalue weighted by molar-refractivity contribution is -0.133. The molecule has 3 rings (SSSR count). The van der Waals surface area contributed by atoms with E-state index in [0.717, 1.165) is 63.5 Å². The number of amides is 1. The second kappa shape index (κ2) is 8.31. The zero-order chi connectivity index (χ0) is 18.7. The molecule has 2 fully saturated rings. The number of likely N-dealkylation sites (tertiary alicyclic amines) is 1. The van der Waals surface area contributed by atoms with Crippen molar-refractivity contribution in [3.05, 3.63) is 27.7 Å². The van der Waals surface area contributed by atoms with E-state index in [9.17, 15) is 9.59 Å². The molecule has 1 aromatic heterocycles. The molecule has 7 nitrogen and oxygen atoms in total. The van der Waals surface area contributed by atoms with Crippen molar-refractivity contribution in [2.75, 3.05) is 39.4 Å². The van der Waals surface area contributed by atoms with Crippen molar-refractivity contribution in [1.82, 2.24) is 19.6 Å². The van der Waals surface area contributed by atoms with Gasteiger partial charge in [0.25, 0.3) is 5.56 Å². The number of hydrogen-bond acceptors (Lipinski definition) is 5. The van der Waals surface area contributed by atoms with Crippen LogP contribution < -0.4 is 5.56 Å². The monoisotopic (exact) mass is 362 g/mol. The molecule has 1 atom stereocenters. The van der Waals surface area contributed by atoms with Gasteiger partial charge in [0, 0.05) is 38.3 Å². The van der Waals surface area contributed by atoms with E-state index >= 15 is 0 Å². The molecule has 2 saturated heterocycles. The molecule has 0 N–H and O–H groups in total. The van der Waals surface area contributed by atoms with Crippen molar-refractivity contribution >= 4 is 5.91 Å². The van der Waals surface area contributed by atoms with Crippen molar-refractivity contribution in [1.29, 1.82) is 0 Å². The van der Waals surface area contributed by atoms with Gasteiger partial charge in [-0.3, -0.25) is 14.5 Å². The fraction of sp³-hybridized carbons (Fsp3) is 0.737. The van der Waals surface area contributed by atoms with Crippen LogP contribution in [0.5, 0.6) is 0 Å². The number of rotatable bonds is 4. The Morgan fingerprint density at radius 3 is 2.54 bits per heavy atom. The Kier molecular flexibility index (Phi) is 6.09. The number of ether oxygens (including phenoxy) is 1. The zero-order valence-electron chi connectivity index (χ0n) is 16.1. The minimum atomic E-state index is -0.211. The summed E-state index contributed by atoms with van der Waals surface area (Å²) in [5, 5.41) is 4.25. The van der Waals surface area contributed by atoms with Gasteiger partial charge in [0.15, 0.2) is 0 Å². The Balaban J connectivity index is 1.53. The van der Waals surface area contributed by atoms with Gasteiger partial charge in [-0.05, 0) is 45.1 Å². The first-order chi connectivity index (χ1) is 12.5. The molecule has 7 heteroatoms. The molecule has 0 aliphatic carbocycles. The van der Waals surface area contributed by atoms with Gasteiger partial charge in [-0.15, -0.1) is 0 Å². The quantitative estimate of drug-likeness (QED) is 0.793. The Hall–Kier alpha value is -1.73. The summed E-state index contributed by atoms with van der Waals surface area (Å²) in [5.74, 6) is 0.597. The SMILES string of the molecule is Cc1cc(=O)n(CC(=O)N2CCC(C(C)N3CCOCC3)CC2)nc1C. The maximum atomic E-state index is 12.6. The standard InChI is InChI=1S/C19H30N4O3/c1-14-12-18(24)23(20-15(14)2)13-19(25)22-6-4-17(5-7-22)16(3)21-8-10-26-11-9-21/h12,16-17H,4-11,13H2,1-3H3. The molecule has 2 aliphatic heterocycles. The van der Waals surface area contributed by atoms with Crippen LogP contribution in [0, 0.1) is 19.8 Å². The number of aryl methyl sites for hydroxylation is 2. The van der Waals surface area contributed by atoms with Gasteiger partial charge in [-0.25, -0.2) is 4.68 Å². The van der Waals surface area contributed by atoms with Crippen molar-refractivity contribution in [2.24, 2.45) is 5.92 Å². The highest BCUT2D eigenvalue weighted by molar-refractivity contribution is 5.76. The molecule has 144 valence electrons. The predicted octanol–water partition coefficient (Wildman–Crippen LogP) is 0.819. The third kappa shape index (κ3) is 4.32. The molecule has 0 radical (unpaired) electrons. The van der Waals surface area contributed by atoms with Crippen molar-refractivity contribution < 1.29 is 9.53 Å². The summed E-state index contributed by atoms with van der Waals surface area (Å²) in [6.45, 7) is 11.2. The van der Waals surface area contributed by atoms with Crippen LogP contribution in [0.4, 0.5) is 0 Å². The van der Waals surface area contributed by atoms with Crippen LogP contribution in [-0.2, 0) is 16.1 Å². The minimum Gasteiger partial charge on any atom is -0.379 e. The second-order valence-electron chi connectivity index (χ2n) is 7.52. The van der Waals surface area contributed by atoms with Gasteiger partial charge < -0.3 is 9.64 Å². The Morgan fingerprint density at radius 2 is 1.88 bits per heavy atom. The number of hydrogen-bond donors (Lipinski definition) is 0. The molecule has 0 bridgehead atoms. The summed E-state index contributed by atoms with van der Waals surface area (Å²) < 4.78 is 6.72. The smallest absolute Gasteiger partial charge is 0.267 e. The van der Waals surface area contributed by atoms with Crippen LogP contribution in [0.2, 0.25) is 0 Å². The zero-order valence-corrected chi connectivity index (χ0v) is 16.1. The van der Waals surface area contributed by atoms with Crippen LogP contribution >= 0.6 is 0 Å². The highest BCUT2D eigenvalue weighted by atomic mass is 16.5. The fourth-order valence-corrected chi connectivity index (χ4v) is 3.93. The summed E-state index contributed by atoms with van der Waals surface area (Å²) in [5.41, 5.74) is 1.43. The topological polar surface area (TPSA) is 67.7 Å². The van der Waals surface area contributed by atoms with E-state index in [-0.39, 0.29) is 18.0 Å². The average molecular weight is 362 g/mol. The first-order valence-electron chi connectivity index (χ1n) is 9.60. The largest absolute Gasteiger partial charge is 0.379 e. The lowest BCUT2D eigenvalue weighted by Gasteiger charge is -2.41. The number of morpholine rings is 1. The van der Waals surface area contributed by atoms with Crippen molar-refractivity contribution in [2.45, 2.75) is 46.2 Å². The summed E-state index contributed by atoms with van der Waals surface area (Å²) in [4.78, 5) is 29.0. The molecule has 1 aromatic rings. The minimum absolute atomic E-state index is 0.0136. The van der Waals surface area contributed by atoms with E-state index < -0.39 is 0 Å². The number of nitrogens with zero attached hydrogens (tertiary/aromatic N) is 4. The van der Waals surface area contributed by atoms with E-state index in [1.165, 1.54) is 4.68 Å². The molecule has 1 unspecified atom stereocenters. The Morgan fingerprint density at radius 1 is 1.23 bits per heavy atom. The molecule has 0 spiro atoms. The molecule has 0 aromatic carbocycles. The lowest BCUT2D eigenvalue weighted by Crippen LogP contribution is -2.49. The number of piperidine rings is 1. The third-order valence-corrected chi connectivity index (χ3v) is 5.92. The van der Waals surface area contributed by atoms with E-state index in [1.54, 1.807) is 6.07 Å². The van der Waals surface area contributed by atoms with Gasteiger partial charge in [-0.1, -0.05) is 0 Å². The van der Waals surface area contributed by atoms with E-state index in [4.69, 9.17) is 4.74 Å². The van der Waals surface area contributed by atoms with Crippen LogP contribution in [0.3, 0.4) is 0 Å². The summed E-state index contributed by atoms with van der Waals surface area (Å²) in [7, 11) is 0. The molecular weight excluding hydrogens is 332 g/mol. The van der Waals surface area contributed by atoms with E-state index in [0.29, 0.717) is 12.0 Å². The number of carbonyl (C=O) groups is 1. The molecule has 3 heterocycles. The van der Waals surface area contributed by atoms with Gasteiger partial charge in [-0.2, -0.15) is 5.10 Å².